The molecule has 1 saturated carbocycles. The number of carbonyl (C=O) groups excluding carboxylic acids is 1. The van der Waals surface area contributed by atoms with E-state index in [1.807, 2.05) is 0 Å². The van der Waals surface area contributed by atoms with Crippen molar-refractivity contribution in [2.75, 3.05) is 12.3 Å². The van der Waals surface area contributed by atoms with Crippen molar-refractivity contribution in [3.63, 3.8) is 0 Å². The van der Waals surface area contributed by atoms with Gasteiger partial charge in [-0.1, -0.05) is 0 Å². The van der Waals surface area contributed by atoms with Crippen LogP contribution in [-0.2, 0) is 11.3 Å². The van der Waals surface area contributed by atoms with Crippen molar-refractivity contribution in [3.05, 3.63) is 12.3 Å². The maximum absolute atomic E-state index is 12.6. The van der Waals surface area contributed by atoms with Crippen molar-refractivity contribution >= 4 is 11.7 Å². The molecule has 1 unspecified atom stereocenters. The molecular formula is C12H17F3N4O. The Morgan fingerprint density at radius 2 is 2.25 bits per heavy atom. The summed E-state index contributed by atoms with van der Waals surface area (Å²) in [6.07, 6.45) is -1.18. The van der Waals surface area contributed by atoms with Crippen LogP contribution >= 0.6 is 0 Å². The Morgan fingerprint density at radius 3 is 2.70 bits per heavy atom. The van der Waals surface area contributed by atoms with Crippen LogP contribution in [0.1, 0.15) is 19.8 Å². The van der Waals surface area contributed by atoms with Gasteiger partial charge in [0.2, 0.25) is 5.91 Å². The number of nitrogens with zero attached hydrogens (tertiary/aromatic N) is 3. The smallest absolute Gasteiger partial charge is 0.382 e. The molecule has 1 aromatic heterocycles. The number of rotatable bonds is 5. The molecule has 0 spiro atoms. The van der Waals surface area contributed by atoms with E-state index in [0.717, 1.165) is 17.7 Å². The average molecular weight is 290 g/mol. The van der Waals surface area contributed by atoms with Gasteiger partial charge in [-0.05, 0) is 31.7 Å². The minimum Gasteiger partial charge on any atom is -0.382 e. The second-order valence-electron chi connectivity index (χ2n) is 5.15. The van der Waals surface area contributed by atoms with Crippen molar-refractivity contribution in [2.24, 2.45) is 5.92 Å². The summed E-state index contributed by atoms with van der Waals surface area (Å²) in [7, 11) is 0. The van der Waals surface area contributed by atoms with Gasteiger partial charge in [-0.3, -0.25) is 9.48 Å². The zero-order chi connectivity index (χ0) is 14.9. The van der Waals surface area contributed by atoms with Crippen molar-refractivity contribution < 1.29 is 18.0 Å². The predicted octanol–water partition coefficient (Wildman–Crippen LogP) is 1.65. The summed E-state index contributed by atoms with van der Waals surface area (Å²) < 4.78 is 39.1. The van der Waals surface area contributed by atoms with Gasteiger partial charge in [0.1, 0.15) is 18.9 Å². The first kappa shape index (κ1) is 14.7. The SMILES string of the molecule is CC(C1CC1)N(CC(F)(F)F)C(=O)Cn1ccc(N)n1. The van der Waals surface area contributed by atoms with Crippen LogP contribution in [0.4, 0.5) is 19.0 Å². The van der Waals surface area contributed by atoms with Gasteiger partial charge in [-0.2, -0.15) is 18.3 Å². The summed E-state index contributed by atoms with van der Waals surface area (Å²) in [5.74, 6) is -0.191. The van der Waals surface area contributed by atoms with E-state index in [-0.39, 0.29) is 18.3 Å². The van der Waals surface area contributed by atoms with E-state index < -0.39 is 24.7 Å². The lowest BCUT2D eigenvalue weighted by molar-refractivity contribution is -0.166. The minimum atomic E-state index is -4.40. The highest BCUT2D eigenvalue weighted by Gasteiger charge is 2.40. The third kappa shape index (κ3) is 3.88. The number of anilines is 1. The maximum Gasteiger partial charge on any atom is 0.406 e. The second-order valence-corrected chi connectivity index (χ2v) is 5.15. The quantitative estimate of drug-likeness (QED) is 0.897. The summed E-state index contributed by atoms with van der Waals surface area (Å²) in [6.45, 7) is 0.212. The van der Waals surface area contributed by atoms with Gasteiger partial charge in [-0.15, -0.1) is 0 Å². The fourth-order valence-electron chi connectivity index (χ4n) is 2.18. The molecular weight excluding hydrogens is 273 g/mol. The van der Waals surface area contributed by atoms with Gasteiger partial charge in [0.15, 0.2) is 0 Å². The third-order valence-electron chi connectivity index (χ3n) is 3.42. The van der Waals surface area contributed by atoms with E-state index in [0.29, 0.717) is 0 Å². The van der Waals surface area contributed by atoms with E-state index in [2.05, 4.69) is 5.10 Å². The molecule has 0 aromatic carbocycles. The Labute approximate surface area is 114 Å². The lowest BCUT2D eigenvalue weighted by Crippen LogP contribution is -2.46. The highest BCUT2D eigenvalue weighted by Crippen LogP contribution is 2.36. The molecule has 1 aliphatic carbocycles. The summed E-state index contributed by atoms with van der Waals surface area (Å²) in [6, 6.07) is 1.09. The minimum absolute atomic E-state index is 0.170. The zero-order valence-corrected chi connectivity index (χ0v) is 11.1. The van der Waals surface area contributed by atoms with Gasteiger partial charge in [0.05, 0.1) is 0 Å². The number of halogens is 3. The highest BCUT2D eigenvalue weighted by atomic mass is 19.4. The van der Waals surface area contributed by atoms with E-state index in [1.165, 1.54) is 16.9 Å². The fourth-order valence-corrected chi connectivity index (χ4v) is 2.18. The number of nitrogen functional groups attached to an aromatic ring is 1. The molecule has 8 heteroatoms. The van der Waals surface area contributed by atoms with Crippen molar-refractivity contribution in [1.82, 2.24) is 14.7 Å². The van der Waals surface area contributed by atoms with Crippen LogP contribution in [0.15, 0.2) is 12.3 Å². The molecule has 0 radical (unpaired) electrons. The zero-order valence-electron chi connectivity index (χ0n) is 11.1. The summed E-state index contributed by atoms with van der Waals surface area (Å²) in [5.41, 5.74) is 5.41. The van der Waals surface area contributed by atoms with Crippen molar-refractivity contribution in [1.29, 1.82) is 0 Å². The molecule has 1 atom stereocenters. The van der Waals surface area contributed by atoms with Crippen LogP contribution in [0.3, 0.4) is 0 Å². The number of carbonyl (C=O) groups is 1. The molecule has 5 nitrogen and oxygen atoms in total. The molecule has 1 aromatic rings. The summed E-state index contributed by atoms with van der Waals surface area (Å²) in [5, 5.41) is 3.82. The Balaban J connectivity index is 2.06. The number of nitrogens with two attached hydrogens (primary N) is 1. The number of hydrogen-bond acceptors (Lipinski definition) is 3. The van der Waals surface area contributed by atoms with Crippen molar-refractivity contribution in [2.45, 2.75) is 38.5 Å². The van der Waals surface area contributed by atoms with Gasteiger partial charge in [-0.25, -0.2) is 0 Å². The standard InChI is InChI=1S/C12H17F3N4O/c1-8(9-2-3-9)19(7-12(13,14)15)11(20)6-18-5-4-10(16)17-18/h4-5,8-9H,2-3,6-7H2,1H3,(H2,16,17). The first-order valence-electron chi connectivity index (χ1n) is 6.41. The topological polar surface area (TPSA) is 64.2 Å². The lowest BCUT2D eigenvalue weighted by Gasteiger charge is -2.30. The van der Waals surface area contributed by atoms with Gasteiger partial charge in [0.25, 0.3) is 0 Å². The first-order valence-corrected chi connectivity index (χ1v) is 6.41. The van der Waals surface area contributed by atoms with Crippen LogP contribution < -0.4 is 5.73 Å². The molecule has 1 amide bonds. The molecule has 2 N–H and O–H groups in total. The molecule has 1 aliphatic rings. The maximum atomic E-state index is 12.6. The van der Waals surface area contributed by atoms with Crippen LogP contribution in [0.2, 0.25) is 0 Å². The number of alkyl halides is 3. The molecule has 20 heavy (non-hydrogen) atoms. The molecule has 1 heterocycles. The monoisotopic (exact) mass is 290 g/mol. The Kier molecular flexibility index (Phi) is 3.92. The number of hydrogen-bond donors (Lipinski definition) is 1. The predicted molar refractivity (Wildman–Crippen MR) is 66.6 cm³/mol. The lowest BCUT2D eigenvalue weighted by atomic mass is 10.1. The van der Waals surface area contributed by atoms with Crippen LogP contribution in [0.5, 0.6) is 0 Å². The van der Waals surface area contributed by atoms with E-state index in [1.54, 1.807) is 6.92 Å². The Hall–Kier alpha value is -1.73. The van der Waals surface area contributed by atoms with Crippen molar-refractivity contribution in [3.8, 4) is 0 Å². The number of amides is 1. The van der Waals surface area contributed by atoms with E-state index >= 15 is 0 Å². The molecule has 1 fully saturated rings. The average Bonchev–Trinajstić information content (AvgIpc) is 3.09. The Morgan fingerprint density at radius 1 is 1.60 bits per heavy atom. The first-order chi connectivity index (χ1) is 9.26. The highest BCUT2D eigenvalue weighted by molar-refractivity contribution is 5.76. The Bertz CT molecular complexity index is 481. The van der Waals surface area contributed by atoms with Crippen LogP contribution in [-0.4, -0.2) is 39.4 Å². The van der Waals surface area contributed by atoms with Gasteiger partial charge >= 0.3 is 6.18 Å². The molecule has 0 aliphatic heterocycles. The van der Waals surface area contributed by atoms with Gasteiger partial charge in [0, 0.05) is 12.2 Å². The normalized spacial score (nSPS) is 17.0. The van der Waals surface area contributed by atoms with Crippen LogP contribution in [0, 0.1) is 5.92 Å². The summed E-state index contributed by atoms with van der Waals surface area (Å²) in [4.78, 5) is 13.0. The number of aromatic nitrogens is 2. The van der Waals surface area contributed by atoms with Crippen LogP contribution in [0.25, 0.3) is 0 Å². The largest absolute Gasteiger partial charge is 0.406 e. The second kappa shape index (κ2) is 5.34. The molecule has 0 bridgehead atoms. The molecule has 112 valence electrons. The van der Waals surface area contributed by atoms with E-state index in [9.17, 15) is 18.0 Å². The fraction of sp³-hybridized carbons (Fsp3) is 0.667. The molecule has 0 saturated heterocycles. The molecule has 2 rings (SSSR count). The van der Waals surface area contributed by atoms with Gasteiger partial charge < -0.3 is 10.6 Å². The summed E-state index contributed by atoms with van der Waals surface area (Å²) >= 11 is 0. The third-order valence-corrected chi connectivity index (χ3v) is 3.42. The van der Waals surface area contributed by atoms with E-state index in [4.69, 9.17) is 5.73 Å².